The van der Waals surface area contributed by atoms with Crippen LogP contribution in [-0.4, -0.2) is 34.9 Å². The molecule has 1 amide bonds. The zero-order valence-corrected chi connectivity index (χ0v) is 36.4. The number of carbonyl (C=O) groups is 1. The van der Waals surface area contributed by atoms with Gasteiger partial charge in [-0.2, -0.15) is 0 Å². The largest absolute Gasteiger partial charge is 0.394 e. The highest BCUT2D eigenvalue weighted by Gasteiger charge is 2.17. The van der Waals surface area contributed by atoms with E-state index in [0.717, 1.165) is 89.9 Å². The molecule has 0 spiro atoms. The lowest BCUT2D eigenvalue weighted by atomic mass is 10.1. The Morgan fingerprint density at radius 2 is 0.804 bits per heavy atom. The van der Waals surface area contributed by atoms with Crippen LogP contribution in [0.2, 0.25) is 0 Å². The molecule has 0 fully saturated rings. The second kappa shape index (κ2) is 46.4. The molecule has 2 atom stereocenters. The molecule has 0 saturated heterocycles. The summed E-state index contributed by atoms with van der Waals surface area (Å²) in [6, 6.07) is -0.657. The summed E-state index contributed by atoms with van der Waals surface area (Å²) in [5, 5.41) is 23.0. The summed E-state index contributed by atoms with van der Waals surface area (Å²) in [6.07, 6.45) is 70.5. The van der Waals surface area contributed by atoms with Crippen molar-refractivity contribution < 1.29 is 15.0 Å². The van der Waals surface area contributed by atoms with Gasteiger partial charge in [0, 0.05) is 6.42 Å². The first-order valence-corrected chi connectivity index (χ1v) is 23.1. The zero-order chi connectivity index (χ0) is 40.7. The third-order valence-corrected chi connectivity index (χ3v) is 9.72. The SMILES string of the molecule is CC/C=C\C/C=C\C/C=C\C/C=C\C/C=C\C/C=C\CCCCCCCCCCC(=O)NC(CO)C(O)/C=C/CC/C=C/CC/C=C/CCCCCCCCC. The quantitative estimate of drug-likeness (QED) is 0.0429. The molecule has 0 aromatic carbocycles. The maximum Gasteiger partial charge on any atom is 0.220 e. The second-order valence-corrected chi connectivity index (χ2v) is 15.1. The maximum atomic E-state index is 12.4. The molecule has 0 bridgehead atoms. The summed E-state index contributed by atoms with van der Waals surface area (Å²) in [6.45, 7) is 4.15. The lowest BCUT2D eigenvalue weighted by Crippen LogP contribution is -2.45. The fraction of sp³-hybridized carbons (Fsp3) is 0.635. The van der Waals surface area contributed by atoms with E-state index in [-0.39, 0.29) is 12.5 Å². The van der Waals surface area contributed by atoms with Crippen LogP contribution in [0, 0.1) is 0 Å². The van der Waals surface area contributed by atoms with E-state index in [9.17, 15) is 15.0 Å². The van der Waals surface area contributed by atoms with Crippen LogP contribution in [0.15, 0.2) is 109 Å². The number of aliphatic hydroxyl groups is 2. The molecule has 0 rings (SSSR count). The molecule has 0 aromatic heterocycles. The number of rotatable bonds is 40. The van der Waals surface area contributed by atoms with Gasteiger partial charge in [0.05, 0.1) is 18.8 Å². The van der Waals surface area contributed by atoms with E-state index in [0.29, 0.717) is 6.42 Å². The van der Waals surface area contributed by atoms with E-state index in [1.165, 1.54) is 83.5 Å². The first-order chi connectivity index (χ1) is 27.7. The summed E-state index contributed by atoms with van der Waals surface area (Å²) < 4.78 is 0. The van der Waals surface area contributed by atoms with E-state index in [1.54, 1.807) is 6.08 Å². The monoisotopic (exact) mass is 774 g/mol. The highest BCUT2D eigenvalue weighted by atomic mass is 16.3. The van der Waals surface area contributed by atoms with Crippen molar-refractivity contribution >= 4 is 5.91 Å². The lowest BCUT2D eigenvalue weighted by molar-refractivity contribution is -0.123. The Balaban J connectivity index is 3.69. The molecular formula is C52H87NO3. The van der Waals surface area contributed by atoms with Gasteiger partial charge in [-0.05, 0) is 96.3 Å². The maximum absolute atomic E-state index is 12.4. The average Bonchev–Trinajstić information content (AvgIpc) is 3.20. The molecule has 0 heterocycles. The van der Waals surface area contributed by atoms with E-state index in [1.807, 2.05) is 6.08 Å². The molecule has 2 unspecified atom stereocenters. The molecule has 56 heavy (non-hydrogen) atoms. The van der Waals surface area contributed by atoms with Crippen molar-refractivity contribution in [3.63, 3.8) is 0 Å². The van der Waals surface area contributed by atoms with Crippen LogP contribution in [0.5, 0.6) is 0 Å². The molecule has 0 aliphatic heterocycles. The normalized spacial score (nSPS) is 14.0. The van der Waals surface area contributed by atoms with E-state index in [4.69, 9.17) is 0 Å². The predicted molar refractivity (Wildman–Crippen MR) is 248 cm³/mol. The number of allylic oxidation sites excluding steroid dienone is 17. The summed E-state index contributed by atoms with van der Waals surface area (Å²) >= 11 is 0. The average molecular weight is 774 g/mol. The van der Waals surface area contributed by atoms with Gasteiger partial charge in [-0.1, -0.05) is 200 Å². The minimum Gasteiger partial charge on any atom is -0.394 e. The number of aliphatic hydroxyl groups excluding tert-OH is 2. The van der Waals surface area contributed by atoms with Crippen molar-refractivity contribution in [2.75, 3.05) is 6.61 Å². The van der Waals surface area contributed by atoms with Gasteiger partial charge in [-0.15, -0.1) is 0 Å². The van der Waals surface area contributed by atoms with Gasteiger partial charge in [0.25, 0.3) is 0 Å². The van der Waals surface area contributed by atoms with Gasteiger partial charge in [-0.3, -0.25) is 4.79 Å². The number of nitrogens with one attached hydrogen (secondary N) is 1. The Morgan fingerprint density at radius 1 is 0.446 bits per heavy atom. The van der Waals surface area contributed by atoms with Crippen LogP contribution in [0.25, 0.3) is 0 Å². The number of hydrogen-bond donors (Lipinski definition) is 3. The minimum absolute atomic E-state index is 0.0923. The second-order valence-electron chi connectivity index (χ2n) is 15.1. The number of unbranched alkanes of at least 4 members (excludes halogenated alkanes) is 17. The molecule has 0 aliphatic carbocycles. The first-order valence-electron chi connectivity index (χ1n) is 23.1. The van der Waals surface area contributed by atoms with Crippen molar-refractivity contribution in [2.45, 2.75) is 206 Å². The summed E-state index contributed by atoms with van der Waals surface area (Å²) in [7, 11) is 0. The van der Waals surface area contributed by atoms with Gasteiger partial charge in [0.1, 0.15) is 0 Å². The number of amides is 1. The predicted octanol–water partition coefficient (Wildman–Crippen LogP) is 14.8. The summed E-state index contributed by atoms with van der Waals surface area (Å²) in [4.78, 5) is 12.4. The number of carbonyl (C=O) groups excluding carboxylic acids is 1. The zero-order valence-electron chi connectivity index (χ0n) is 36.4. The van der Waals surface area contributed by atoms with Gasteiger partial charge in [0.15, 0.2) is 0 Å². The smallest absolute Gasteiger partial charge is 0.220 e. The van der Waals surface area contributed by atoms with E-state index >= 15 is 0 Å². The molecule has 3 N–H and O–H groups in total. The van der Waals surface area contributed by atoms with Crippen molar-refractivity contribution in [1.82, 2.24) is 5.32 Å². The Morgan fingerprint density at radius 3 is 1.25 bits per heavy atom. The highest BCUT2D eigenvalue weighted by Crippen LogP contribution is 2.12. The van der Waals surface area contributed by atoms with Crippen LogP contribution >= 0.6 is 0 Å². The fourth-order valence-electron chi connectivity index (χ4n) is 6.21. The summed E-state index contributed by atoms with van der Waals surface area (Å²) in [5.41, 5.74) is 0. The van der Waals surface area contributed by atoms with Crippen LogP contribution in [-0.2, 0) is 4.79 Å². The molecular weight excluding hydrogens is 687 g/mol. The van der Waals surface area contributed by atoms with Crippen molar-refractivity contribution in [2.24, 2.45) is 0 Å². The standard InChI is InChI=1S/C52H87NO3/c1-3-5-7-9-11-13-15-17-19-21-22-23-24-25-26-27-28-29-30-32-34-36-38-40-42-44-46-48-52(56)53-50(49-54)51(55)47-45-43-41-39-37-35-33-31-20-18-16-14-12-10-8-6-4-2/h5,7,11,13,17,19-20,22-23,25-26,28-29,31,37,39,45,47,50-51,54-55H,3-4,6,8-10,12,14-16,18,21,24,27,30,32-36,38,40-44,46,48-49H2,1-2H3,(H,53,56)/b7-5-,13-11-,19-17-,23-22-,26-25-,29-28-,31-20+,39-37+,47-45+. The van der Waals surface area contributed by atoms with Crippen molar-refractivity contribution in [3.8, 4) is 0 Å². The van der Waals surface area contributed by atoms with Gasteiger partial charge < -0.3 is 15.5 Å². The Labute approximate surface area is 346 Å². The van der Waals surface area contributed by atoms with Gasteiger partial charge in [0.2, 0.25) is 5.91 Å². The molecule has 4 heteroatoms. The molecule has 4 nitrogen and oxygen atoms in total. The first kappa shape index (κ1) is 53.1. The van der Waals surface area contributed by atoms with E-state index in [2.05, 4.69) is 116 Å². The van der Waals surface area contributed by atoms with Gasteiger partial charge >= 0.3 is 0 Å². The lowest BCUT2D eigenvalue weighted by Gasteiger charge is -2.19. The molecule has 0 aromatic rings. The Kier molecular flexibility index (Phi) is 44.0. The van der Waals surface area contributed by atoms with Crippen molar-refractivity contribution in [3.05, 3.63) is 109 Å². The fourth-order valence-corrected chi connectivity index (χ4v) is 6.21. The topological polar surface area (TPSA) is 69.6 Å². The molecule has 318 valence electrons. The van der Waals surface area contributed by atoms with Crippen LogP contribution in [0.1, 0.15) is 194 Å². The van der Waals surface area contributed by atoms with E-state index < -0.39 is 12.1 Å². The number of hydrogen-bond acceptors (Lipinski definition) is 3. The summed E-state index contributed by atoms with van der Waals surface area (Å²) in [5.74, 6) is -0.0923. The van der Waals surface area contributed by atoms with Crippen molar-refractivity contribution in [1.29, 1.82) is 0 Å². The Bertz CT molecular complexity index is 1110. The third kappa shape index (κ3) is 42.2. The third-order valence-electron chi connectivity index (χ3n) is 9.72. The molecule has 0 aliphatic rings. The van der Waals surface area contributed by atoms with Crippen LogP contribution < -0.4 is 5.32 Å². The van der Waals surface area contributed by atoms with Crippen LogP contribution in [0.4, 0.5) is 0 Å². The minimum atomic E-state index is -0.881. The molecule has 0 radical (unpaired) electrons. The molecule has 0 saturated carbocycles. The van der Waals surface area contributed by atoms with Crippen LogP contribution in [0.3, 0.4) is 0 Å². The Hall–Kier alpha value is -2.95. The highest BCUT2D eigenvalue weighted by molar-refractivity contribution is 5.76. The van der Waals surface area contributed by atoms with Gasteiger partial charge in [-0.25, -0.2) is 0 Å².